The molecule has 0 aromatic carbocycles. The average molecular weight is 308 g/mol. The first-order chi connectivity index (χ1) is 8.84. The summed E-state index contributed by atoms with van der Waals surface area (Å²) >= 11 is 3.86. The molecule has 1 fully saturated rings. The van der Waals surface area contributed by atoms with E-state index in [2.05, 4.69) is 28.1 Å². The number of hydrogen-bond acceptors (Lipinski definition) is 1. The van der Waals surface area contributed by atoms with Gasteiger partial charge in [0.15, 0.2) is 0 Å². The fourth-order valence-electron chi connectivity index (χ4n) is 3.81. The lowest BCUT2D eigenvalue weighted by molar-refractivity contribution is 0.338. The van der Waals surface area contributed by atoms with Crippen molar-refractivity contribution in [2.24, 2.45) is 5.92 Å². The lowest BCUT2D eigenvalue weighted by Crippen LogP contribution is -2.21. The predicted molar refractivity (Wildman–Crippen MR) is 79.2 cm³/mol. The molecule has 0 bridgehead atoms. The summed E-state index contributed by atoms with van der Waals surface area (Å²) in [6.45, 7) is 0. The van der Waals surface area contributed by atoms with Gasteiger partial charge in [0.25, 0.3) is 0 Å². The van der Waals surface area contributed by atoms with Gasteiger partial charge in [0.2, 0.25) is 0 Å². The number of halogens is 1. The standard InChI is InChI=1S/C16H22BrN/c17-14-8-2-1-5-13(11-14)15-9-3-6-12-7-4-10-18-16(12)15/h4,7,10,13-15H,1-3,5-6,8-9,11H2. The Morgan fingerprint density at radius 3 is 2.94 bits per heavy atom. The van der Waals surface area contributed by atoms with E-state index in [0.717, 1.165) is 16.7 Å². The lowest BCUT2D eigenvalue weighted by Gasteiger charge is -2.31. The van der Waals surface area contributed by atoms with Gasteiger partial charge >= 0.3 is 0 Å². The Morgan fingerprint density at radius 2 is 2.00 bits per heavy atom. The minimum Gasteiger partial charge on any atom is -0.261 e. The zero-order chi connectivity index (χ0) is 12.4. The summed E-state index contributed by atoms with van der Waals surface area (Å²) in [4.78, 5) is 5.45. The Hall–Kier alpha value is -0.370. The van der Waals surface area contributed by atoms with Gasteiger partial charge in [-0.1, -0.05) is 34.8 Å². The van der Waals surface area contributed by atoms with Crippen molar-refractivity contribution in [1.82, 2.24) is 4.98 Å². The van der Waals surface area contributed by atoms with Crippen molar-refractivity contribution in [3.63, 3.8) is 0 Å². The second-order valence-electron chi connectivity index (χ2n) is 5.92. The molecular formula is C16H22BrN. The van der Waals surface area contributed by atoms with Gasteiger partial charge in [-0.05, 0) is 56.1 Å². The maximum atomic E-state index is 4.72. The molecule has 1 saturated carbocycles. The Bertz CT molecular complexity index is 404. The van der Waals surface area contributed by atoms with Gasteiger partial charge in [0, 0.05) is 22.6 Å². The fraction of sp³-hybridized carbons (Fsp3) is 0.688. The first-order valence-electron chi connectivity index (χ1n) is 7.42. The summed E-state index contributed by atoms with van der Waals surface area (Å²) in [5, 5.41) is 0. The van der Waals surface area contributed by atoms with Crippen LogP contribution in [0.2, 0.25) is 0 Å². The van der Waals surface area contributed by atoms with Crippen LogP contribution in [0, 0.1) is 5.92 Å². The van der Waals surface area contributed by atoms with E-state index in [1.807, 2.05) is 6.20 Å². The fourth-order valence-corrected chi connectivity index (χ4v) is 4.61. The van der Waals surface area contributed by atoms with Crippen LogP contribution < -0.4 is 0 Å². The van der Waals surface area contributed by atoms with E-state index < -0.39 is 0 Å². The molecule has 0 saturated heterocycles. The van der Waals surface area contributed by atoms with Gasteiger partial charge in [-0.15, -0.1) is 0 Å². The minimum absolute atomic E-state index is 0.730. The molecular weight excluding hydrogens is 286 g/mol. The molecule has 1 nitrogen and oxygen atoms in total. The van der Waals surface area contributed by atoms with Crippen molar-refractivity contribution in [2.45, 2.75) is 62.1 Å². The van der Waals surface area contributed by atoms with Crippen molar-refractivity contribution in [2.75, 3.05) is 0 Å². The van der Waals surface area contributed by atoms with E-state index in [1.54, 1.807) is 0 Å². The molecule has 0 amide bonds. The minimum atomic E-state index is 0.730. The second-order valence-corrected chi connectivity index (χ2v) is 7.22. The number of rotatable bonds is 1. The van der Waals surface area contributed by atoms with Crippen molar-refractivity contribution in [3.8, 4) is 0 Å². The molecule has 1 aromatic heterocycles. The molecule has 0 aliphatic heterocycles. The van der Waals surface area contributed by atoms with Crippen molar-refractivity contribution in [3.05, 3.63) is 29.6 Å². The zero-order valence-electron chi connectivity index (χ0n) is 10.9. The summed E-state index contributed by atoms with van der Waals surface area (Å²) in [6.07, 6.45) is 12.9. The van der Waals surface area contributed by atoms with Crippen molar-refractivity contribution in [1.29, 1.82) is 0 Å². The molecule has 0 spiro atoms. The van der Waals surface area contributed by atoms with Crippen LogP contribution in [0.1, 0.15) is 62.1 Å². The number of pyridine rings is 1. The summed E-state index contributed by atoms with van der Waals surface area (Å²) in [5.41, 5.74) is 2.94. The van der Waals surface area contributed by atoms with E-state index in [9.17, 15) is 0 Å². The first kappa shape index (κ1) is 12.7. The van der Waals surface area contributed by atoms with Crippen molar-refractivity contribution < 1.29 is 0 Å². The number of aromatic nitrogens is 1. The molecule has 3 rings (SSSR count). The van der Waals surface area contributed by atoms with E-state index in [4.69, 9.17) is 4.98 Å². The maximum absolute atomic E-state index is 4.72. The van der Waals surface area contributed by atoms with Gasteiger partial charge in [0.1, 0.15) is 0 Å². The zero-order valence-corrected chi connectivity index (χ0v) is 12.5. The summed E-state index contributed by atoms with van der Waals surface area (Å²) in [7, 11) is 0. The number of hydrogen-bond donors (Lipinski definition) is 0. The molecule has 2 aliphatic rings. The van der Waals surface area contributed by atoms with Gasteiger partial charge in [-0.2, -0.15) is 0 Å². The molecule has 18 heavy (non-hydrogen) atoms. The Labute approximate surface area is 119 Å². The first-order valence-corrected chi connectivity index (χ1v) is 8.34. The molecule has 1 aromatic rings. The lowest BCUT2D eigenvalue weighted by atomic mass is 9.75. The summed E-state index contributed by atoms with van der Waals surface area (Å²) in [6, 6.07) is 4.39. The van der Waals surface area contributed by atoms with Crippen LogP contribution in [0.4, 0.5) is 0 Å². The number of alkyl halides is 1. The third-order valence-electron chi connectivity index (χ3n) is 4.71. The maximum Gasteiger partial charge on any atom is 0.0469 e. The Kier molecular flexibility index (Phi) is 4.03. The highest BCUT2D eigenvalue weighted by Gasteiger charge is 2.31. The van der Waals surface area contributed by atoms with Crippen LogP contribution in [-0.2, 0) is 6.42 Å². The number of nitrogens with zero attached hydrogens (tertiary/aromatic N) is 1. The third-order valence-corrected chi connectivity index (χ3v) is 5.54. The highest BCUT2D eigenvalue weighted by molar-refractivity contribution is 9.09. The third kappa shape index (κ3) is 2.64. The highest BCUT2D eigenvalue weighted by Crippen LogP contribution is 2.42. The molecule has 2 heteroatoms. The second kappa shape index (κ2) is 5.73. The van der Waals surface area contributed by atoms with Gasteiger partial charge < -0.3 is 0 Å². The van der Waals surface area contributed by atoms with E-state index in [0.29, 0.717) is 0 Å². The largest absolute Gasteiger partial charge is 0.261 e. The molecule has 98 valence electrons. The summed E-state index contributed by atoms with van der Waals surface area (Å²) < 4.78 is 0. The summed E-state index contributed by atoms with van der Waals surface area (Å²) in [5.74, 6) is 1.58. The molecule has 0 N–H and O–H groups in total. The van der Waals surface area contributed by atoms with Crippen LogP contribution >= 0.6 is 15.9 Å². The predicted octanol–water partition coefficient (Wildman–Crippen LogP) is 4.85. The topological polar surface area (TPSA) is 12.9 Å². The van der Waals surface area contributed by atoms with E-state index >= 15 is 0 Å². The number of fused-ring (bicyclic) bond motifs is 1. The smallest absolute Gasteiger partial charge is 0.0469 e. The van der Waals surface area contributed by atoms with Crippen molar-refractivity contribution >= 4 is 15.9 Å². The van der Waals surface area contributed by atoms with E-state index in [-0.39, 0.29) is 0 Å². The van der Waals surface area contributed by atoms with Gasteiger partial charge in [-0.25, -0.2) is 0 Å². The highest BCUT2D eigenvalue weighted by atomic mass is 79.9. The van der Waals surface area contributed by atoms with Crippen LogP contribution in [0.25, 0.3) is 0 Å². The van der Waals surface area contributed by atoms with Crippen LogP contribution in [0.3, 0.4) is 0 Å². The molecule has 3 atom stereocenters. The van der Waals surface area contributed by atoms with Crippen LogP contribution in [0.15, 0.2) is 18.3 Å². The van der Waals surface area contributed by atoms with E-state index in [1.165, 1.54) is 62.6 Å². The monoisotopic (exact) mass is 307 g/mol. The van der Waals surface area contributed by atoms with Crippen LogP contribution in [-0.4, -0.2) is 9.81 Å². The normalized spacial score (nSPS) is 32.6. The quantitative estimate of drug-likeness (QED) is 0.534. The Balaban J connectivity index is 1.84. The Morgan fingerprint density at radius 1 is 1.11 bits per heavy atom. The molecule has 2 aliphatic carbocycles. The number of aryl methyl sites for hydroxylation is 1. The SMILES string of the molecule is BrC1CCCCC(C2CCCc3cccnc32)C1. The molecule has 1 heterocycles. The van der Waals surface area contributed by atoms with Gasteiger partial charge in [0.05, 0.1) is 0 Å². The van der Waals surface area contributed by atoms with Crippen LogP contribution in [0.5, 0.6) is 0 Å². The average Bonchev–Trinajstić information content (AvgIpc) is 2.63. The molecule has 0 radical (unpaired) electrons. The molecule has 3 unspecified atom stereocenters. The van der Waals surface area contributed by atoms with Gasteiger partial charge in [-0.3, -0.25) is 4.98 Å².